The van der Waals surface area contributed by atoms with E-state index in [1.165, 1.54) is 61.2 Å². The van der Waals surface area contributed by atoms with Crippen molar-refractivity contribution in [3.8, 4) is 11.5 Å². The molecule has 4 aromatic carbocycles. The monoisotopic (exact) mass is 904 g/mol. The lowest BCUT2D eigenvalue weighted by Crippen LogP contribution is -2.38. The largest absolute Gasteiger partial charge is 0.679 e. The van der Waals surface area contributed by atoms with Crippen molar-refractivity contribution in [1.82, 2.24) is 19.6 Å². The predicted molar refractivity (Wildman–Crippen MR) is 258 cm³/mol. The fraction of sp³-hybridized carbons (Fsp3) is 0.333. The average molecular weight is 905 g/mol. The summed E-state index contributed by atoms with van der Waals surface area (Å²) in [7, 11) is -6.28. The fourth-order valence-electron chi connectivity index (χ4n) is 8.09. The first kappa shape index (κ1) is 45.1. The molecule has 0 aliphatic carbocycles. The zero-order chi connectivity index (χ0) is 44.4. The second-order valence-electron chi connectivity index (χ2n) is 15.8. The smallest absolute Gasteiger partial charge is 0.494 e. The predicted octanol–water partition coefficient (Wildman–Crippen LogP) is 14.4. The van der Waals surface area contributed by atoms with Gasteiger partial charge in [0.15, 0.2) is 0 Å². The van der Waals surface area contributed by atoms with Crippen LogP contribution in [-0.2, 0) is 0 Å². The summed E-state index contributed by atoms with van der Waals surface area (Å²) >= 11 is 2.46. The molecule has 2 aliphatic heterocycles. The van der Waals surface area contributed by atoms with Crippen LogP contribution in [0.2, 0.25) is 0 Å². The van der Waals surface area contributed by atoms with Crippen molar-refractivity contribution in [3.63, 3.8) is 0 Å². The van der Waals surface area contributed by atoms with Gasteiger partial charge in [0.1, 0.15) is 23.2 Å². The number of unbranched alkanes of at least 4 members (excludes halogenated alkanes) is 10. The van der Waals surface area contributed by atoms with E-state index >= 15 is 17.3 Å². The van der Waals surface area contributed by atoms with E-state index in [2.05, 4.69) is 23.8 Å². The number of hydrogen-bond acceptors (Lipinski definition) is 8. The van der Waals surface area contributed by atoms with Gasteiger partial charge in [-0.3, -0.25) is 17.3 Å². The Hall–Kier alpha value is -5.47. The molecule has 6 aromatic rings. The van der Waals surface area contributed by atoms with Gasteiger partial charge in [-0.25, -0.2) is 20.0 Å². The molecule has 0 amide bonds. The number of nitrogens with zero attached hydrogens (tertiary/aromatic N) is 6. The number of benzene rings is 4. The van der Waals surface area contributed by atoms with Crippen molar-refractivity contribution in [1.29, 1.82) is 0 Å². The lowest BCUT2D eigenvalue weighted by molar-refractivity contribution is 0.304. The standard InChI is InChI=1S/C48H50B2F4N6O2S2/c1-3-5-7-9-11-17-31-61-35-27-23-33(24-28-35)43-41-42(46(59(43)49(51)52)58-48-56-38-20-14-16-22-40(38)64-48)44(34-25-29-36(30-26-34)62-32-18-12-10-8-6-4-2)60(50(53)54)45(41)57-47-55-37-19-13-15-21-39(37)63-47/h13-16,19-30H,3-12,17-18,31-32H2,1-2H3/b57-45-,58-46-. The van der Waals surface area contributed by atoms with Crippen LogP contribution in [0.25, 0.3) is 31.8 Å². The van der Waals surface area contributed by atoms with E-state index < -0.39 is 14.8 Å². The number of hydrogen-bond donors (Lipinski definition) is 0. The van der Waals surface area contributed by atoms with Gasteiger partial charge in [0, 0.05) is 0 Å². The number of para-hydroxylation sites is 2. The first-order chi connectivity index (χ1) is 31.3. The van der Waals surface area contributed by atoms with Gasteiger partial charge >= 0.3 is 14.8 Å². The Morgan fingerprint density at radius 3 is 1.25 bits per heavy atom. The van der Waals surface area contributed by atoms with Crippen LogP contribution in [0.15, 0.2) is 118 Å². The molecule has 16 heteroatoms. The molecule has 8 rings (SSSR count). The van der Waals surface area contributed by atoms with Crippen molar-refractivity contribution >= 4 is 91.2 Å². The molecular weight excluding hydrogens is 854 g/mol. The molecule has 0 spiro atoms. The van der Waals surface area contributed by atoms with Crippen LogP contribution in [0.3, 0.4) is 0 Å². The summed E-state index contributed by atoms with van der Waals surface area (Å²) < 4.78 is 77.8. The third kappa shape index (κ3) is 10.2. The highest BCUT2D eigenvalue weighted by Gasteiger charge is 2.53. The molecule has 0 radical (unpaired) electrons. The highest BCUT2D eigenvalue weighted by molar-refractivity contribution is 7.22. The minimum Gasteiger partial charge on any atom is -0.494 e. The topological polar surface area (TPSA) is 75.4 Å². The van der Waals surface area contributed by atoms with E-state index in [1.807, 2.05) is 48.5 Å². The molecular formula is C48H50B2F4N6O2S2. The molecule has 0 atom stereocenters. The zero-order valence-corrected chi connectivity index (χ0v) is 37.8. The minimum absolute atomic E-state index is 0.0215. The van der Waals surface area contributed by atoms with Crippen LogP contribution in [0.5, 0.6) is 11.5 Å². The number of amidine groups is 2. The molecule has 4 heterocycles. The molecule has 0 saturated carbocycles. The zero-order valence-electron chi connectivity index (χ0n) is 36.1. The summed E-state index contributed by atoms with van der Waals surface area (Å²) in [6, 6.07) is 28.4. The van der Waals surface area contributed by atoms with Gasteiger partial charge in [-0.15, -0.1) is 0 Å². The molecule has 8 nitrogen and oxygen atoms in total. The van der Waals surface area contributed by atoms with E-state index in [1.54, 1.807) is 48.5 Å². The summed E-state index contributed by atoms with van der Waals surface area (Å²) in [6.45, 7) is 5.41. The molecule has 0 bridgehead atoms. The van der Waals surface area contributed by atoms with Gasteiger partial charge in [0.2, 0.25) is 10.3 Å². The maximum atomic E-state index is 16.0. The first-order valence-corrected chi connectivity index (χ1v) is 24.0. The van der Waals surface area contributed by atoms with Crippen LogP contribution < -0.4 is 9.47 Å². The highest BCUT2D eigenvalue weighted by Crippen LogP contribution is 2.50. The number of ether oxygens (including phenoxy) is 2. The lowest BCUT2D eigenvalue weighted by atomic mass is 10.0. The minimum atomic E-state index is -3.14. The van der Waals surface area contributed by atoms with Crippen LogP contribution in [0.4, 0.5) is 27.5 Å². The highest BCUT2D eigenvalue weighted by atomic mass is 32.1. The maximum absolute atomic E-state index is 16.0. The third-order valence-corrected chi connectivity index (χ3v) is 13.1. The SMILES string of the molecule is CCCCCCCCOc1ccc(C2=C3C(=C(c4ccc(OCCCCCCCC)cc4)N(B(F)F)/C3=N\c3nc4ccccc4s3)/C(=N/c3nc4ccccc4s3)N2B(F)F)cc1. The van der Waals surface area contributed by atoms with E-state index in [0.29, 0.717) is 46.9 Å². The Balaban J connectivity index is 1.26. The molecule has 0 fully saturated rings. The molecule has 0 unspecified atom stereocenters. The number of aromatic nitrogens is 2. The van der Waals surface area contributed by atoms with Crippen molar-refractivity contribution < 1.29 is 26.7 Å². The van der Waals surface area contributed by atoms with Gasteiger partial charge in [-0.05, 0) is 96.8 Å². The second-order valence-corrected chi connectivity index (χ2v) is 17.8. The van der Waals surface area contributed by atoms with E-state index in [9.17, 15) is 0 Å². The normalized spacial score (nSPS) is 15.2. The number of aliphatic imine (C=N–C) groups is 2. The quantitative estimate of drug-likeness (QED) is 0.0384. The molecule has 64 heavy (non-hydrogen) atoms. The summed E-state index contributed by atoms with van der Waals surface area (Å²) in [5, 5.41) is 0.401. The van der Waals surface area contributed by atoms with E-state index in [-0.39, 0.29) is 44.5 Å². The van der Waals surface area contributed by atoms with Gasteiger partial charge in [-0.2, -0.15) is 0 Å². The van der Waals surface area contributed by atoms with Crippen LogP contribution >= 0.6 is 22.7 Å². The maximum Gasteiger partial charge on any atom is 0.679 e. The molecule has 2 aliphatic rings. The van der Waals surface area contributed by atoms with Crippen LogP contribution in [-0.4, -0.2) is 59.3 Å². The molecule has 2 aromatic heterocycles. The number of halogens is 4. The van der Waals surface area contributed by atoms with Gasteiger partial charge in [0.25, 0.3) is 0 Å². The Kier molecular flexibility index (Phi) is 15.1. The molecule has 0 saturated heterocycles. The van der Waals surface area contributed by atoms with Gasteiger partial charge in [0.05, 0.1) is 56.2 Å². The van der Waals surface area contributed by atoms with Gasteiger partial charge < -0.3 is 19.1 Å². The first-order valence-electron chi connectivity index (χ1n) is 22.3. The van der Waals surface area contributed by atoms with E-state index in [0.717, 1.165) is 57.5 Å². The summed E-state index contributed by atoms with van der Waals surface area (Å²) in [5.41, 5.74) is 2.10. The molecule has 330 valence electrons. The fourth-order valence-corrected chi connectivity index (χ4v) is 9.77. The van der Waals surface area contributed by atoms with Crippen molar-refractivity contribution in [2.45, 2.75) is 90.9 Å². The Labute approximate surface area is 380 Å². The lowest BCUT2D eigenvalue weighted by Gasteiger charge is -2.26. The van der Waals surface area contributed by atoms with Crippen molar-refractivity contribution in [2.24, 2.45) is 9.98 Å². The number of thiazole rings is 2. The van der Waals surface area contributed by atoms with E-state index in [4.69, 9.17) is 19.5 Å². The molecule has 0 N–H and O–H groups in total. The Morgan fingerprint density at radius 1 is 0.500 bits per heavy atom. The van der Waals surface area contributed by atoms with Crippen molar-refractivity contribution in [3.05, 3.63) is 119 Å². The average Bonchev–Trinajstić information content (AvgIpc) is 4.07. The Bertz CT molecular complexity index is 2400. The Morgan fingerprint density at radius 2 is 0.875 bits per heavy atom. The summed E-state index contributed by atoms with van der Waals surface area (Å²) in [4.78, 5) is 20.6. The van der Waals surface area contributed by atoms with Crippen LogP contribution in [0, 0.1) is 0 Å². The number of rotatable bonds is 22. The summed E-state index contributed by atoms with van der Waals surface area (Å²) in [5.74, 6) is 0.709. The number of fused-ring (bicyclic) bond motifs is 3. The summed E-state index contributed by atoms with van der Waals surface area (Å²) in [6.07, 6.45) is 13.3. The van der Waals surface area contributed by atoms with Gasteiger partial charge in [-0.1, -0.05) is 125 Å². The second kappa shape index (κ2) is 21.5. The van der Waals surface area contributed by atoms with Crippen molar-refractivity contribution in [2.75, 3.05) is 13.2 Å². The third-order valence-electron chi connectivity index (χ3n) is 11.3. The van der Waals surface area contributed by atoms with Crippen LogP contribution in [0.1, 0.15) is 102 Å².